The number of aliphatic hydroxyl groups excluding tert-OH is 1. The van der Waals surface area contributed by atoms with Gasteiger partial charge in [0.2, 0.25) is 0 Å². The van der Waals surface area contributed by atoms with Crippen molar-refractivity contribution in [3.8, 4) is 0 Å². The minimum Gasteiger partial charge on any atom is -0.371 e. The summed E-state index contributed by atoms with van der Waals surface area (Å²) >= 11 is 0. The Morgan fingerprint density at radius 2 is 1.91 bits per heavy atom. The maximum Gasteiger partial charge on any atom is 0.270 e. The van der Waals surface area contributed by atoms with Gasteiger partial charge in [-0.05, 0) is 68.4 Å². The highest BCUT2D eigenvalue weighted by Crippen LogP contribution is 2.47. The van der Waals surface area contributed by atoms with Crippen LogP contribution in [0.25, 0.3) is 5.70 Å². The van der Waals surface area contributed by atoms with E-state index in [4.69, 9.17) is 0 Å². The fraction of sp³-hybridized carbons (Fsp3) is 0.462. The number of aromatic nitrogens is 2. The first kappa shape index (κ1) is 20.5. The number of piperazine rings is 1. The second-order valence-electron chi connectivity index (χ2n) is 10.2. The Bertz CT molecular complexity index is 1170. The number of benzene rings is 1. The van der Waals surface area contributed by atoms with Crippen LogP contribution in [0.2, 0.25) is 0 Å². The molecule has 1 saturated carbocycles. The fourth-order valence-electron chi connectivity index (χ4n) is 5.66. The van der Waals surface area contributed by atoms with Crippen LogP contribution >= 0.6 is 0 Å². The molecule has 7 nitrogen and oxygen atoms in total. The number of rotatable bonds is 4. The number of imidazole rings is 1. The summed E-state index contributed by atoms with van der Waals surface area (Å²) in [6.07, 6.45) is 7.75. The van der Waals surface area contributed by atoms with E-state index in [1.165, 1.54) is 30.8 Å². The first-order valence-corrected chi connectivity index (χ1v) is 11.9. The number of piperidine rings is 1. The molecule has 0 radical (unpaired) electrons. The predicted molar refractivity (Wildman–Crippen MR) is 127 cm³/mol. The van der Waals surface area contributed by atoms with Crippen molar-refractivity contribution in [2.45, 2.75) is 46.0 Å². The highest BCUT2D eigenvalue weighted by molar-refractivity contribution is 5.95. The Balaban J connectivity index is 1.24. The molecule has 33 heavy (non-hydrogen) atoms. The van der Waals surface area contributed by atoms with Crippen LogP contribution in [0.3, 0.4) is 0 Å². The van der Waals surface area contributed by atoms with Crippen molar-refractivity contribution in [1.82, 2.24) is 19.4 Å². The largest absolute Gasteiger partial charge is 0.371 e. The smallest absolute Gasteiger partial charge is 0.270 e. The van der Waals surface area contributed by atoms with Gasteiger partial charge in [-0.15, -0.1) is 0 Å². The lowest BCUT2D eigenvalue weighted by molar-refractivity contribution is -0.138. The van der Waals surface area contributed by atoms with Crippen molar-refractivity contribution in [3.05, 3.63) is 65.4 Å². The number of hydrogen-bond donors (Lipinski definition) is 1. The Hall–Kier alpha value is -3.06. The maximum atomic E-state index is 13.5. The summed E-state index contributed by atoms with van der Waals surface area (Å²) in [5.74, 6) is 1.74. The van der Waals surface area contributed by atoms with Crippen LogP contribution in [0.15, 0.2) is 48.6 Å². The van der Waals surface area contributed by atoms with E-state index in [0.29, 0.717) is 24.5 Å². The summed E-state index contributed by atoms with van der Waals surface area (Å²) < 4.78 is 1.82. The molecule has 4 aliphatic rings. The summed E-state index contributed by atoms with van der Waals surface area (Å²) in [4.78, 5) is 24.0. The highest BCUT2D eigenvalue weighted by atomic mass is 16.3. The van der Waals surface area contributed by atoms with Crippen LogP contribution in [0.4, 0.5) is 5.69 Å². The number of aryl methyl sites for hydroxylation is 2. The number of aliphatic hydroxyl groups is 1. The monoisotopic (exact) mass is 445 g/mol. The van der Waals surface area contributed by atoms with Gasteiger partial charge in [-0.25, -0.2) is 4.98 Å². The molecule has 2 saturated heterocycles. The lowest BCUT2D eigenvalue weighted by Gasteiger charge is -2.45. The summed E-state index contributed by atoms with van der Waals surface area (Å²) in [6.45, 7) is 9.64. The average Bonchev–Trinajstić information content (AvgIpc) is 3.17. The molecule has 4 atom stereocenters. The quantitative estimate of drug-likeness (QED) is 0.784. The van der Waals surface area contributed by atoms with Crippen molar-refractivity contribution in [1.29, 1.82) is 0 Å². The van der Waals surface area contributed by atoms with Crippen LogP contribution in [0.1, 0.15) is 30.2 Å². The molecule has 1 aromatic heterocycles. The first-order valence-electron chi connectivity index (χ1n) is 11.9. The van der Waals surface area contributed by atoms with Crippen molar-refractivity contribution < 1.29 is 9.90 Å². The molecule has 6 rings (SSSR count). The lowest BCUT2D eigenvalue weighted by atomic mass is 10.0. The van der Waals surface area contributed by atoms with Gasteiger partial charge in [-0.1, -0.05) is 12.1 Å². The first-order chi connectivity index (χ1) is 15.9. The number of carbonyl (C=O) groups excluding carboxylic acids is 1. The van der Waals surface area contributed by atoms with E-state index in [0.717, 1.165) is 23.1 Å². The minimum atomic E-state index is -0.875. The topological polar surface area (TPSA) is 64.8 Å². The molecule has 7 heteroatoms. The van der Waals surface area contributed by atoms with Crippen molar-refractivity contribution in [2.75, 3.05) is 24.5 Å². The van der Waals surface area contributed by atoms with Gasteiger partial charge in [-0.2, -0.15) is 0 Å². The van der Waals surface area contributed by atoms with E-state index in [2.05, 4.69) is 41.9 Å². The standard InChI is InChI=1S/C26H31N5O2/c1-16-4-5-19(8-24(16)28-13-20-9-21(20)14-28)12-30-18(3)11-31-23(26(30)33)7-6-22(25(31)32)29-10-17(2)27-15-29/h4-8,10,15,18,20-21,25,32H,9,11-14H2,1-3H3. The molecule has 1 aromatic carbocycles. The van der Waals surface area contributed by atoms with E-state index in [9.17, 15) is 9.90 Å². The van der Waals surface area contributed by atoms with Gasteiger partial charge in [0.15, 0.2) is 6.23 Å². The summed E-state index contributed by atoms with van der Waals surface area (Å²) in [6, 6.07) is 6.59. The Labute approximate surface area is 194 Å². The predicted octanol–water partition coefficient (Wildman–Crippen LogP) is 2.75. The van der Waals surface area contributed by atoms with Crippen LogP contribution in [-0.4, -0.2) is 62.3 Å². The summed E-state index contributed by atoms with van der Waals surface area (Å²) in [7, 11) is 0. The van der Waals surface area contributed by atoms with Gasteiger partial charge in [-0.3, -0.25) is 4.79 Å². The molecular weight excluding hydrogens is 414 g/mol. The fourth-order valence-corrected chi connectivity index (χ4v) is 5.66. The Morgan fingerprint density at radius 1 is 1.12 bits per heavy atom. The van der Waals surface area contributed by atoms with Gasteiger partial charge in [0.05, 0.1) is 17.7 Å². The molecule has 3 fully saturated rings. The van der Waals surface area contributed by atoms with Gasteiger partial charge in [0, 0.05) is 44.1 Å². The zero-order valence-electron chi connectivity index (χ0n) is 19.5. The third-order valence-electron chi connectivity index (χ3n) is 7.71. The van der Waals surface area contributed by atoms with Crippen molar-refractivity contribution in [2.24, 2.45) is 11.8 Å². The number of allylic oxidation sites excluding steroid dienone is 2. The van der Waals surface area contributed by atoms with Gasteiger partial charge in [0.1, 0.15) is 5.70 Å². The number of carbonyl (C=O) groups is 1. The molecule has 1 N–H and O–H groups in total. The van der Waals surface area contributed by atoms with Gasteiger partial charge in [0.25, 0.3) is 5.91 Å². The molecule has 1 aliphatic carbocycles. The SMILES string of the molecule is Cc1cn(C2=CC=C3C(=O)N(Cc4ccc(C)c(N5CC6CC6C5)c4)C(C)CN3C2O)cn1. The Morgan fingerprint density at radius 3 is 2.64 bits per heavy atom. The van der Waals surface area contributed by atoms with E-state index in [1.807, 2.05) is 39.6 Å². The third-order valence-corrected chi connectivity index (χ3v) is 7.71. The number of nitrogens with zero attached hydrogens (tertiary/aromatic N) is 5. The van der Waals surface area contributed by atoms with Crippen LogP contribution in [0.5, 0.6) is 0 Å². The molecule has 2 aromatic rings. The van der Waals surface area contributed by atoms with Crippen LogP contribution in [-0.2, 0) is 11.3 Å². The highest BCUT2D eigenvalue weighted by Gasteiger charge is 2.45. The molecule has 1 amide bonds. The van der Waals surface area contributed by atoms with Crippen LogP contribution < -0.4 is 4.90 Å². The minimum absolute atomic E-state index is 0.0163. The second-order valence-corrected chi connectivity index (χ2v) is 10.2. The van der Waals surface area contributed by atoms with E-state index < -0.39 is 6.23 Å². The molecular formula is C26H31N5O2. The van der Waals surface area contributed by atoms with E-state index in [-0.39, 0.29) is 11.9 Å². The van der Waals surface area contributed by atoms with E-state index in [1.54, 1.807) is 6.33 Å². The molecule has 172 valence electrons. The number of amides is 1. The second kappa shape index (κ2) is 7.48. The summed E-state index contributed by atoms with van der Waals surface area (Å²) in [5.41, 5.74) is 5.92. The average molecular weight is 446 g/mol. The van der Waals surface area contributed by atoms with Gasteiger partial charge >= 0.3 is 0 Å². The van der Waals surface area contributed by atoms with Crippen LogP contribution in [0, 0.1) is 25.7 Å². The number of fused-ring (bicyclic) bond motifs is 2. The molecule has 0 bridgehead atoms. The molecule has 4 heterocycles. The van der Waals surface area contributed by atoms with Crippen molar-refractivity contribution in [3.63, 3.8) is 0 Å². The van der Waals surface area contributed by atoms with Crippen molar-refractivity contribution >= 4 is 17.3 Å². The summed E-state index contributed by atoms with van der Waals surface area (Å²) in [5, 5.41) is 11.0. The van der Waals surface area contributed by atoms with Gasteiger partial charge < -0.3 is 24.4 Å². The zero-order chi connectivity index (χ0) is 22.9. The Kier molecular flexibility index (Phi) is 4.66. The molecule has 3 aliphatic heterocycles. The third kappa shape index (κ3) is 3.46. The zero-order valence-corrected chi connectivity index (χ0v) is 19.5. The normalized spacial score (nSPS) is 28.5. The lowest BCUT2D eigenvalue weighted by Crippen LogP contribution is -2.57. The molecule has 0 spiro atoms. The van der Waals surface area contributed by atoms with E-state index >= 15 is 0 Å². The maximum absolute atomic E-state index is 13.5. The number of hydrogen-bond acceptors (Lipinski definition) is 5. The molecule has 4 unspecified atom stereocenters. The number of anilines is 1.